The Morgan fingerprint density at radius 3 is 2.53 bits per heavy atom. The Hall–Kier alpha value is -2.22. The lowest BCUT2D eigenvalue weighted by Gasteiger charge is -2.14. The third-order valence-electron chi connectivity index (χ3n) is 4.33. The van der Waals surface area contributed by atoms with Gasteiger partial charge < -0.3 is 19.5 Å². The molecule has 8 heteroatoms. The molecule has 1 aliphatic heterocycles. The number of methoxy groups -OCH3 is 1. The third-order valence-corrected chi connectivity index (χ3v) is 5.77. The van der Waals surface area contributed by atoms with Gasteiger partial charge in [0.1, 0.15) is 10.1 Å². The van der Waals surface area contributed by atoms with Crippen LogP contribution in [-0.4, -0.2) is 30.6 Å². The number of thioether (sulfide) groups is 1. The van der Waals surface area contributed by atoms with Gasteiger partial charge in [-0.05, 0) is 47.9 Å². The first-order chi connectivity index (χ1) is 14.5. The number of rotatable bonds is 9. The molecular formula is C22H22ClNO4S2. The molecule has 2 aromatic rings. The lowest BCUT2D eigenvalue weighted by molar-refractivity contribution is -0.115. The molecule has 0 aliphatic carbocycles. The smallest absolute Gasteiger partial charge is 0.263 e. The molecule has 0 radical (unpaired) electrons. The van der Waals surface area contributed by atoms with E-state index in [1.807, 2.05) is 12.1 Å². The number of amides is 1. The van der Waals surface area contributed by atoms with Gasteiger partial charge in [-0.1, -0.05) is 54.6 Å². The average Bonchev–Trinajstić information content (AvgIpc) is 3.05. The Labute approximate surface area is 190 Å². The fraction of sp³-hybridized carbons (Fsp3) is 0.273. The molecule has 1 N–H and O–H groups in total. The summed E-state index contributed by atoms with van der Waals surface area (Å²) in [6.07, 6.45) is 3.41. The molecular weight excluding hydrogens is 442 g/mol. The molecule has 30 heavy (non-hydrogen) atoms. The molecule has 0 saturated carbocycles. The monoisotopic (exact) mass is 463 g/mol. The summed E-state index contributed by atoms with van der Waals surface area (Å²) < 4.78 is 17.4. The molecule has 1 amide bonds. The molecule has 0 aromatic heterocycles. The van der Waals surface area contributed by atoms with Gasteiger partial charge in [0, 0.05) is 6.42 Å². The van der Waals surface area contributed by atoms with Crippen molar-refractivity contribution in [1.82, 2.24) is 5.32 Å². The largest absolute Gasteiger partial charge is 0.493 e. The fourth-order valence-corrected chi connectivity index (χ4v) is 4.10. The van der Waals surface area contributed by atoms with Crippen LogP contribution in [0.2, 0.25) is 5.02 Å². The first-order valence-corrected chi connectivity index (χ1v) is 11.1. The molecule has 2 aromatic carbocycles. The summed E-state index contributed by atoms with van der Waals surface area (Å²) in [5.74, 6) is 1.59. The summed E-state index contributed by atoms with van der Waals surface area (Å²) in [4.78, 5) is 12.4. The van der Waals surface area contributed by atoms with Crippen molar-refractivity contribution in [2.24, 2.45) is 0 Å². The summed E-state index contributed by atoms with van der Waals surface area (Å²) in [7, 11) is 1.55. The highest BCUT2D eigenvalue weighted by molar-refractivity contribution is 8.26. The van der Waals surface area contributed by atoms with Crippen molar-refractivity contribution >= 4 is 51.9 Å². The highest BCUT2D eigenvalue weighted by atomic mass is 35.5. The molecule has 0 atom stereocenters. The Kier molecular flexibility index (Phi) is 8.01. The van der Waals surface area contributed by atoms with E-state index in [4.69, 9.17) is 38.0 Å². The van der Waals surface area contributed by atoms with E-state index >= 15 is 0 Å². The number of thiocarbonyl (C=S) groups is 1. The predicted octanol–water partition coefficient (Wildman–Crippen LogP) is 5.25. The van der Waals surface area contributed by atoms with Crippen LogP contribution >= 0.6 is 35.6 Å². The Balaban J connectivity index is 1.57. The van der Waals surface area contributed by atoms with Gasteiger partial charge in [-0.15, -0.1) is 0 Å². The standard InChI is InChI=1S/C22H22ClNO4S2/c1-3-14-5-7-16(8-6-14)27-9-4-10-28-20-17(23)11-15(12-18(20)26-2)13-19-21(25)24-22(29)30-19/h5-8,11-13H,3-4,9-10H2,1-2H3,(H,24,25,29)/b19-13-. The van der Waals surface area contributed by atoms with Gasteiger partial charge in [-0.3, -0.25) is 4.79 Å². The van der Waals surface area contributed by atoms with Crippen LogP contribution in [0.1, 0.15) is 24.5 Å². The Bertz CT molecular complexity index is 960. The SMILES string of the molecule is CCc1ccc(OCCCOc2c(Cl)cc(/C=C3\SC(=S)NC3=O)cc2OC)cc1. The first kappa shape index (κ1) is 22.5. The van der Waals surface area contributed by atoms with Gasteiger partial charge in [0.15, 0.2) is 11.5 Å². The van der Waals surface area contributed by atoms with E-state index in [1.54, 1.807) is 25.3 Å². The zero-order valence-corrected chi connectivity index (χ0v) is 19.1. The van der Waals surface area contributed by atoms with Crippen molar-refractivity contribution in [2.45, 2.75) is 19.8 Å². The van der Waals surface area contributed by atoms with E-state index in [-0.39, 0.29) is 5.91 Å². The molecule has 158 valence electrons. The molecule has 1 fully saturated rings. The molecule has 1 saturated heterocycles. The minimum absolute atomic E-state index is 0.218. The zero-order valence-electron chi connectivity index (χ0n) is 16.7. The summed E-state index contributed by atoms with van der Waals surface area (Å²) in [6, 6.07) is 11.6. The fourth-order valence-electron chi connectivity index (χ4n) is 2.78. The summed E-state index contributed by atoms with van der Waals surface area (Å²) >= 11 is 12.6. The van der Waals surface area contributed by atoms with Crippen LogP contribution in [-0.2, 0) is 11.2 Å². The van der Waals surface area contributed by atoms with Crippen LogP contribution in [0.5, 0.6) is 17.2 Å². The maximum absolute atomic E-state index is 11.8. The van der Waals surface area contributed by atoms with Crippen molar-refractivity contribution in [1.29, 1.82) is 0 Å². The summed E-state index contributed by atoms with van der Waals surface area (Å²) in [6.45, 7) is 3.08. The number of carbonyl (C=O) groups is 1. The molecule has 1 heterocycles. The van der Waals surface area contributed by atoms with Crippen LogP contribution in [0.3, 0.4) is 0 Å². The minimum atomic E-state index is -0.218. The molecule has 0 bridgehead atoms. The van der Waals surface area contributed by atoms with Gasteiger partial charge >= 0.3 is 0 Å². The lowest BCUT2D eigenvalue weighted by atomic mass is 10.2. The number of ether oxygens (including phenoxy) is 3. The second kappa shape index (κ2) is 10.7. The molecule has 1 aliphatic rings. The highest BCUT2D eigenvalue weighted by Crippen LogP contribution is 2.38. The maximum atomic E-state index is 11.8. The Morgan fingerprint density at radius 2 is 1.90 bits per heavy atom. The normalized spacial score (nSPS) is 14.7. The van der Waals surface area contributed by atoms with Gasteiger partial charge in [-0.2, -0.15) is 0 Å². The van der Waals surface area contributed by atoms with E-state index < -0.39 is 0 Å². The third kappa shape index (κ3) is 5.90. The number of nitrogens with one attached hydrogen (secondary N) is 1. The molecule has 0 unspecified atom stereocenters. The Morgan fingerprint density at radius 1 is 1.17 bits per heavy atom. The second-order valence-corrected chi connectivity index (χ2v) is 8.56. The topological polar surface area (TPSA) is 56.8 Å². The quantitative estimate of drug-likeness (QED) is 0.311. The van der Waals surface area contributed by atoms with Crippen LogP contribution in [0.25, 0.3) is 6.08 Å². The first-order valence-electron chi connectivity index (χ1n) is 9.47. The lowest BCUT2D eigenvalue weighted by Crippen LogP contribution is -2.17. The van der Waals surface area contributed by atoms with Crippen molar-refractivity contribution in [3.8, 4) is 17.2 Å². The predicted molar refractivity (Wildman–Crippen MR) is 126 cm³/mol. The second-order valence-electron chi connectivity index (χ2n) is 6.43. The van der Waals surface area contributed by atoms with Crippen LogP contribution < -0.4 is 19.5 Å². The zero-order chi connectivity index (χ0) is 21.5. The minimum Gasteiger partial charge on any atom is -0.493 e. The van der Waals surface area contributed by atoms with Gasteiger partial charge in [-0.25, -0.2) is 0 Å². The average molecular weight is 464 g/mol. The van der Waals surface area contributed by atoms with Crippen molar-refractivity contribution < 1.29 is 19.0 Å². The van der Waals surface area contributed by atoms with Gasteiger partial charge in [0.05, 0.1) is 30.3 Å². The van der Waals surface area contributed by atoms with Crippen LogP contribution in [0.4, 0.5) is 0 Å². The van der Waals surface area contributed by atoms with E-state index in [2.05, 4.69) is 24.4 Å². The van der Waals surface area contributed by atoms with E-state index in [9.17, 15) is 4.79 Å². The maximum Gasteiger partial charge on any atom is 0.263 e. The number of carbonyl (C=O) groups excluding carboxylic acids is 1. The van der Waals surface area contributed by atoms with Crippen LogP contribution in [0.15, 0.2) is 41.3 Å². The number of hydrogen-bond acceptors (Lipinski definition) is 6. The number of hydrogen-bond donors (Lipinski definition) is 1. The highest BCUT2D eigenvalue weighted by Gasteiger charge is 2.22. The summed E-state index contributed by atoms with van der Waals surface area (Å²) in [5, 5.41) is 2.99. The number of halogens is 1. The molecule has 0 spiro atoms. The summed E-state index contributed by atoms with van der Waals surface area (Å²) in [5.41, 5.74) is 2.01. The van der Waals surface area contributed by atoms with E-state index in [0.29, 0.717) is 45.4 Å². The van der Waals surface area contributed by atoms with Crippen molar-refractivity contribution in [3.63, 3.8) is 0 Å². The van der Waals surface area contributed by atoms with E-state index in [1.165, 1.54) is 17.3 Å². The van der Waals surface area contributed by atoms with Crippen molar-refractivity contribution in [3.05, 3.63) is 57.5 Å². The molecule has 5 nitrogen and oxygen atoms in total. The number of benzene rings is 2. The van der Waals surface area contributed by atoms with Gasteiger partial charge in [0.2, 0.25) is 0 Å². The van der Waals surface area contributed by atoms with Crippen LogP contribution in [0, 0.1) is 0 Å². The van der Waals surface area contributed by atoms with Gasteiger partial charge in [0.25, 0.3) is 5.91 Å². The number of aryl methyl sites for hydroxylation is 1. The van der Waals surface area contributed by atoms with Crippen molar-refractivity contribution in [2.75, 3.05) is 20.3 Å². The van der Waals surface area contributed by atoms with E-state index in [0.717, 1.165) is 17.7 Å². The molecule has 3 rings (SSSR count).